The highest BCUT2D eigenvalue weighted by atomic mass is 16.1. The normalized spacial score (nSPS) is 11.0. The molecule has 0 amide bonds. The van der Waals surface area contributed by atoms with Crippen LogP contribution in [0.1, 0.15) is 12.5 Å². The maximum Gasteiger partial charge on any atom is 0.329 e. The Hall–Kier alpha value is -2.29. The molecule has 0 saturated carbocycles. The summed E-state index contributed by atoms with van der Waals surface area (Å²) >= 11 is 0. The Kier molecular flexibility index (Phi) is 2.95. The summed E-state index contributed by atoms with van der Waals surface area (Å²) in [6.45, 7) is 3.31. The molecule has 3 heteroatoms. The summed E-state index contributed by atoms with van der Waals surface area (Å²) < 4.78 is 3.66. The van der Waals surface area contributed by atoms with E-state index in [1.54, 1.807) is 0 Å². The van der Waals surface area contributed by atoms with Gasteiger partial charge in [-0.05, 0) is 24.6 Å². The zero-order valence-electron chi connectivity index (χ0n) is 10.9. The molecule has 0 N–H and O–H groups in total. The van der Waals surface area contributed by atoms with E-state index < -0.39 is 0 Å². The predicted molar refractivity (Wildman–Crippen MR) is 77.4 cm³/mol. The van der Waals surface area contributed by atoms with Crippen molar-refractivity contribution in [2.24, 2.45) is 0 Å². The molecule has 0 bridgehead atoms. The van der Waals surface area contributed by atoms with Crippen LogP contribution >= 0.6 is 0 Å². The van der Waals surface area contributed by atoms with Crippen LogP contribution in [-0.4, -0.2) is 9.13 Å². The summed E-state index contributed by atoms with van der Waals surface area (Å²) in [6, 6.07) is 18.0. The maximum absolute atomic E-state index is 12.4. The van der Waals surface area contributed by atoms with Crippen molar-refractivity contribution in [2.75, 3.05) is 0 Å². The van der Waals surface area contributed by atoms with Crippen LogP contribution in [0.4, 0.5) is 0 Å². The SMILES string of the molecule is CCn1c(=O)n(Cc2ccccc2)c2ccccc21. The van der Waals surface area contributed by atoms with E-state index in [1.165, 1.54) is 0 Å². The molecule has 0 unspecified atom stereocenters. The highest BCUT2D eigenvalue weighted by Crippen LogP contribution is 2.14. The molecule has 0 aliphatic carbocycles. The summed E-state index contributed by atoms with van der Waals surface area (Å²) in [5.74, 6) is 0. The van der Waals surface area contributed by atoms with Gasteiger partial charge in [0.25, 0.3) is 0 Å². The van der Waals surface area contributed by atoms with Gasteiger partial charge in [-0.1, -0.05) is 42.5 Å². The second kappa shape index (κ2) is 4.76. The minimum atomic E-state index is 0.0625. The van der Waals surface area contributed by atoms with Crippen molar-refractivity contribution < 1.29 is 0 Å². The van der Waals surface area contributed by atoms with E-state index in [1.807, 2.05) is 70.7 Å². The summed E-state index contributed by atoms with van der Waals surface area (Å²) in [5.41, 5.74) is 3.21. The highest BCUT2D eigenvalue weighted by Gasteiger charge is 2.11. The number of aryl methyl sites for hydroxylation is 1. The lowest BCUT2D eigenvalue weighted by Crippen LogP contribution is -2.24. The average Bonchev–Trinajstić information content (AvgIpc) is 2.73. The van der Waals surface area contributed by atoms with E-state index in [4.69, 9.17) is 0 Å². The van der Waals surface area contributed by atoms with Gasteiger partial charge in [0.05, 0.1) is 17.6 Å². The predicted octanol–water partition coefficient (Wildman–Crippen LogP) is 2.87. The molecule has 0 aliphatic rings. The van der Waals surface area contributed by atoms with Gasteiger partial charge in [0, 0.05) is 6.54 Å². The van der Waals surface area contributed by atoms with E-state index in [9.17, 15) is 4.79 Å². The van der Waals surface area contributed by atoms with Crippen LogP contribution in [-0.2, 0) is 13.1 Å². The smallest absolute Gasteiger partial charge is 0.292 e. The molecular formula is C16H16N2O. The van der Waals surface area contributed by atoms with Gasteiger partial charge in [0.1, 0.15) is 0 Å². The fourth-order valence-electron chi connectivity index (χ4n) is 2.50. The van der Waals surface area contributed by atoms with Crippen LogP contribution in [0, 0.1) is 0 Å². The minimum absolute atomic E-state index is 0.0625. The molecule has 3 aromatic rings. The number of para-hydroxylation sites is 2. The number of hydrogen-bond donors (Lipinski definition) is 0. The zero-order chi connectivity index (χ0) is 13.2. The molecule has 0 spiro atoms. The van der Waals surface area contributed by atoms with Crippen LogP contribution in [0.25, 0.3) is 11.0 Å². The van der Waals surface area contributed by atoms with Gasteiger partial charge >= 0.3 is 5.69 Å². The molecule has 96 valence electrons. The lowest BCUT2D eigenvalue weighted by molar-refractivity contribution is 0.684. The Balaban J connectivity index is 2.19. The Morgan fingerprint density at radius 3 is 2.05 bits per heavy atom. The lowest BCUT2D eigenvalue weighted by atomic mass is 10.2. The molecule has 3 nitrogen and oxygen atoms in total. The van der Waals surface area contributed by atoms with Gasteiger partial charge in [-0.2, -0.15) is 0 Å². The number of nitrogens with zero attached hydrogens (tertiary/aromatic N) is 2. The van der Waals surface area contributed by atoms with E-state index >= 15 is 0 Å². The number of benzene rings is 2. The number of imidazole rings is 1. The topological polar surface area (TPSA) is 26.9 Å². The molecule has 19 heavy (non-hydrogen) atoms. The fraction of sp³-hybridized carbons (Fsp3) is 0.188. The molecule has 3 rings (SSSR count). The fourth-order valence-corrected chi connectivity index (χ4v) is 2.50. The molecule has 0 saturated heterocycles. The average molecular weight is 252 g/mol. The van der Waals surface area contributed by atoms with Crippen molar-refractivity contribution >= 4 is 11.0 Å². The lowest BCUT2D eigenvalue weighted by Gasteiger charge is -2.03. The van der Waals surface area contributed by atoms with Gasteiger partial charge in [-0.3, -0.25) is 9.13 Å². The van der Waals surface area contributed by atoms with Crippen molar-refractivity contribution in [1.29, 1.82) is 0 Å². The van der Waals surface area contributed by atoms with Crippen LogP contribution in [0.3, 0.4) is 0 Å². The second-order valence-electron chi connectivity index (χ2n) is 4.59. The molecule has 1 aromatic heterocycles. The quantitative estimate of drug-likeness (QED) is 0.704. The third kappa shape index (κ3) is 1.97. The Labute approximate surface area is 111 Å². The van der Waals surface area contributed by atoms with Crippen molar-refractivity contribution in [3.05, 3.63) is 70.6 Å². The summed E-state index contributed by atoms with van der Waals surface area (Å²) in [4.78, 5) is 12.4. The van der Waals surface area contributed by atoms with Crippen molar-refractivity contribution in [2.45, 2.75) is 20.0 Å². The van der Waals surface area contributed by atoms with Gasteiger partial charge in [0.2, 0.25) is 0 Å². The number of fused-ring (bicyclic) bond motifs is 1. The van der Waals surface area contributed by atoms with E-state index in [-0.39, 0.29) is 5.69 Å². The Bertz CT molecular complexity index is 753. The van der Waals surface area contributed by atoms with Crippen molar-refractivity contribution in [3.63, 3.8) is 0 Å². The minimum Gasteiger partial charge on any atom is -0.292 e. The maximum atomic E-state index is 12.4. The molecule has 0 fully saturated rings. The zero-order valence-corrected chi connectivity index (χ0v) is 10.9. The Morgan fingerprint density at radius 1 is 0.842 bits per heavy atom. The first-order chi connectivity index (χ1) is 9.31. The molecular weight excluding hydrogens is 236 g/mol. The summed E-state index contributed by atoms with van der Waals surface area (Å²) in [7, 11) is 0. The third-order valence-electron chi connectivity index (χ3n) is 3.42. The number of aromatic nitrogens is 2. The molecule has 0 atom stereocenters. The first kappa shape index (κ1) is 11.8. The molecule has 0 aliphatic heterocycles. The van der Waals surface area contributed by atoms with E-state index in [2.05, 4.69) is 0 Å². The van der Waals surface area contributed by atoms with Crippen LogP contribution in [0.5, 0.6) is 0 Å². The standard InChI is InChI=1S/C16H16N2O/c1-2-17-14-10-6-7-11-15(14)18(16(17)19)12-13-8-4-3-5-9-13/h3-11H,2,12H2,1H3. The molecule has 0 radical (unpaired) electrons. The van der Waals surface area contributed by atoms with Gasteiger partial charge in [0.15, 0.2) is 0 Å². The molecule has 1 heterocycles. The molecule has 2 aromatic carbocycles. The number of rotatable bonds is 3. The first-order valence-electron chi connectivity index (χ1n) is 6.53. The summed E-state index contributed by atoms with van der Waals surface area (Å²) in [6.07, 6.45) is 0. The highest BCUT2D eigenvalue weighted by molar-refractivity contribution is 5.76. The summed E-state index contributed by atoms with van der Waals surface area (Å²) in [5, 5.41) is 0. The first-order valence-corrected chi connectivity index (χ1v) is 6.53. The van der Waals surface area contributed by atoms with E-state index in [0.717, 1.165) is 16.6 Å². The van der Waals surface area contributed by atoms with Crippen LogP contribution in [0.15, 0.2) is 59.4 Å². The van der Waals surface area contributed by atoms with Crippen molar-refractivity contribution in [1.82, 2.24) is 9.13 Å². The van der Waals surface area contributed by atoms with Gasteiger partial charge in [-0.25, -0.2) is 4.79 Å². The van der Waals surface area contributed by atoms with Crippen LogP contribution < -0.4 is 5.69 Å². The van der Waals surface area contributed by atoms with Crippen LogP contribution in [0.2, 0.25) is 0 Å². The largest absolute Gasteiger partial charge is 0.329 e. The second-order valence-corrected chi connectivity index (χ2v) is 4.59. The monoisotopic (exact) mass is 252 g/mol. The Morgan fingerprint density at radius 2 is 1.42 bits per heavy atom. The van der Waals surface area contributed by atoms with Gasteiger partial charge in [-0.15, -0.1) is 0 Å². The number of hydrogen-bond acceptors (Lipinski definition) is 1. The van der Waals surface area contributed by atoms with E-state index in [0.29, 0.717) is 13.1 Å². The van der Waals surface area contributed by atoms with Crippen molar-refractivity contribution in [3.8, 4) is 0 Å². The van der Waals surface area contributed by atoms with Gasteiger partial charge < -0.3 is 0 Å². The third-order valence-corrected chi connectivity index (χ3v) is 3.42.